The maximum absolute atomic E-state index is 12.6. The van der Waals surface area contributed by atoms with Gasteiger partial charge in [-0.2, -0.15) is 0 Å². The van der Waals surface area contributed by atoms with Crippen LogP contribution in [0.2, 0.25) is 5.02 Å². The molecule has 124 valence electrons. The van der Waals surface area contributed by atoms with Crippen molar-refractivity contribution in [2.75, 3.05) is 32.7 Å². The molecule has 1 N–H and O–H groups in total. The Labute approximate surface area is 141 Å². The Morgan fingerprint density at radius 1 is 1.30 bits per heavy atom. The molecule has 2 saturated heterocycles. The first-order valence-corrected chi connectivity index (χ1v) is 8.54. The van der Waals surface area contributed by atoms with E-state index in [-0.39, 0.29) is 24.4 Å². The van der Waals surface area contributed by atoms with Gasteiger partial charge in [-0.3, -0.25) is 9.59 Å². The number of nitrogens with one attached hydrogen (secondary N) is 1. The van der Waals surface area contributed by atoms with Crippen LogP contribution >= 0.6 is 11.6 Å². The Morgan fingerprint density at radius 3 is 2.91 bits per heavy atom. The van der Waals surface area contributed by atoms with Gasteiger partial charge in [0.05, 0.1) is 13.1 Å². The third-order valence-corrected chi connectivity index (χ3v) is 4.99. The second kappa shape index (κ2) is 7.32. The van der Waals surface area contributed by atoms with Crippen LogP contribution in [0.3, 0.4) is 0 Å². The minimum Gasteiger partial charge on any atom is -0.338 e. The van der Waals surface area contributed by atoms with Crippen molar-refractivity contribution in [2.45, 2.75) is 25.3 Å². The molecule has 0 bridgehead atoms. The van der Waals surface area contributed by atoms with Crippen LogP contribution in [0.4, 0.5) is 0 Å². The molecule has 5 nitrogen and oxygen atoms in total. The van der Waals surface area contributed by atoms with Gasteiger partial charge < -0.3 is 15.1 Å². The number of carbonyl (C=O) groups excluding carboxylic acids is 2. The molecule has 2 aliphatic rings. The summed E-state index contributed by atoms with van der Waals surface area (Å²) in [4.78, 5) is 28.0. The van der Waals surface area contributed by atoms with E-state index in [1.165, 1.54) is 0 Å². The van der Waals surface area contributed by atoms with E-state index in [1.807, 2.05) is 29.2 Å². The van der Waals surface area contributed by atoms with Gasteiger partial charge >= 0.3 is 0 Å². The third-order valence-electron chi connectivity index (χ3n) is 4.62. The van der Waals surface area contributed by atoms with Crippen LogP contribution in [0.25, 0.3) is 0 Å². The van der Waals surface area contributed by atoms with Gasteiger partial charge in [-0.1, -0.05) is 29.8 Å². The van der Waals surface area contributed by atoms with E-state index >= 15 is 0 Å². The number of hydrogen-bond acceptors (Lipinski definition) is 3. The van der Waals surface area contributed by atoms with Gasteiger partial charge in [0.1, 0.15) is 0 Å². The maximum Gasteiger partial charge on any atom is 0.242 e. The van der Waals surface area contributed by atoms with E-state index in [9.17, 15) is 9.59 Å². The number of piperazine rings is 1. The second-order valence-electron chi connectivity index (χ2n) is 6.17. The van der Waals surface area contributed by atoms with Gasteiger partial charge in [0.25, 0.3) is 0 Å². The van der Waals surface area contributed by atoms with E-state index in [0.29, 0.717) is 13.1 Å². The fourth-order valence-corrected chi connectivity index (χ4v) is 3.57. The molecule has 0 radical (unpaired) electrons. The molecule has 0 saturated carbocycles. The maximum atomic E-state index is 12.6. The van der Waals surface area contributed by atoms with Crippen molar-refractivity contribution in [3.05, 3.63) is 34.9 Å². The summed E-state index contributed by atoms with van der Waals surface area (Å²) in [5.41, 5.74) is 1.08. The first kappa shape index (κ1) is 16.3. The number of rotatable bonds is 4. The number of carbonyl (C=O) groups is 2. The zero-order valence-electron chi connectivity index (χ0n) is 13.1. The fraction of sp³-hybridized carbons (Fsp3) is 0.529. The van der Waals surface area contributed by atoms with Crippen molar-refractivity contribution in [1.82, 2.24) is 15.1 Å². The standard InChI is InChI=1S/C17H22ClN3O2/c18-15-6-2-1-4-13(15)10-14-5-3-8-21(14)17(23)12-20-9-7-19-11-16(20)22/h1-2,4,6,14,19H,3,5,7-12H2/t14-/m1/s1. The Bertz CT molecular complexity index is 593. The topological polar surface area (TPSA) is 52.7 Å². The lowest BCUT2D eigenvalue weighted by Crippen LogP contribution is -2.52. The average Bonchev–Trinajstić information content (AvgIpc) is 3.00. The molecule has 2 amide bonds. The number of nitrogens with zero attached hydrogens (tertiary/aromatic N) is 2. The van der Waals surface area contributed by atoms with Gasteiger partial charge in [-0.05, 0) is 30.9 Å². The van der Waals surface area contributed by atoms with Gasteiger partial charge in [-0.15, -0.1) is 0 Å². The van der Waals surface area contributed by atoms with Gasteiger partial charge in [0.2, 0.25) is 11.8 Å². The van der Waals surface area contributed by atoms with Crippen LogP contribution in [0, 0.1) is 0 Å². The third kappa shape index (κ3) is 3.85. The molecule has 2 fully saturated rings. The summed E-state index contributed by atoms with van der Waals surface area (Å²) in [5.74, 6) is 0.0567. The quantitative estimate of drug-likeness (QED) is 0.902. The molecular weight excluding hydrogens is 314 g/mol. The van der Waals surface area contributed by atoms with Crippen LogP contribution in [0.5, 0.6) is 0 Å². The van der Waals surface area contributed by atoms with E-state index < -0.39 is 0 Å². The van der Waals surface area contributed by atoms with Crippen LogP contribution in [0.15, 0.2) is 24.3 Å². The summed E-state index contributed by atoms with van der Waals surface area (Å²) in [6, 6.07) is 7.97. The Kier molecular flexibility index (Phi) is 5.18. The Morgan fingerprint density at radius 2 is 2.13 bits per heavy atom. The summed E-state index contributed by atoms with van der Waals surface area (Å²) in [7, 11) is 0. The Hall–Kier alpha value is -1.59. The molecule has 2 heterocycles. The minimum absolute atomic E-state index is 0.00597. The zero-order valence-corrected chi connectivity index (χ0v) is 13.9. The van der Waals surface area contributed by atoms with E-state index in [2.05, 4.69) is 5.32 Å². The van der Waals surface area contributed by atoms with E-state index in [4.69, 9.17) is 11.6 Å². The van der Waals surface area contributed by atoms with Crippen molar-refractivity contribution >= 4 is 23.4 Å². The number of amides is 2. The SMILES string of the molecule is O=C1CNCCN1CC(=O)N1CCC[C@@H]1Cc1ccccc1Cl. The van der Waals surface area contributed by atoms with Gasteiger partial charge in [-0.25, -0.2) is 0 Å². The summed E-state index contributed by atoms with van der Waals surface area (Å²) in [6.45, 7) is 2.65. The van der Waals surface area contributed by atoms with Crippen molar-refractivity contribution < 1.29 is 9.59 Å². The van der Waals surface area contributed by atoms with Crippen molar-refractivity contribution in [1.29, 1.82) is 0 Å². The summed E-state index contributed by atoms with van der Waals surface area (Å²) >= 11 is 6.24. The van der Waals surface area contributed by atoms with Crippen molar-refractivity contribution in [3.63, 3.8) is 0 Å². The lowest BCUT2D eigenvalue weighted by atomic mass is 10.0. The lowest BCUT2D eigenvalue weighted by molar-refractivity contribution is -0.141. The molecule has 0 aliphatic carbocycles. The normalized spacial score (nSPS) is 21.8. The molecule has 0 aromatic heterocycles. The summed E-state index contributed by atoms with van der Waals surface area (Å²) < 4.78 is 0. The average molecular weight is 336 g/mol. The fourth-order valence-electron chi connectivity index (χ4n) is 3.36. The van der Waals surface area contributed by atoms with Crippen LogP contribution in [0.1, 0.15) is 18.4 Å². The summed E-state index contributed by atoms with van der Waals surface area (Å²) in [6.07, 6.45) is 2.78. The van der Waals surface area contributed by atoms with Crippen LogP contribution < -0.4 is 5.32 Å². The Balaban J connectivity index is 1.63. The smallest absolute Gasteiger partial charge is 0.242 e. The van der Waals surface area contributed by atoms with Gasteiger partial charge in [0, 0.05) is 30.7 Å². The number of halogens is 1. The molecule has 23 heavy (non-hydrogen) atoms. The van der Waals surface area contributed by atoms with Crippen molar-refractivity contribution in [3.8, 4) is 0 Å². The number of hydrogen-bond donors (Lipinski definition) is 1. The molecule has 6 heteroatoms. The minimum atomic E-state index is 0.00597. The molecule has 1 aromatic carbocycles. The predicted octanol–water partition coefficient (Wildman–Crippen LogP) is 1.31. The van der Waals surface area contributed by atoms with Gasteiger partial charge in [0.15, 0.2) is 0 Å². The molecule has 1 aromatic rings. The largest absolute Gasteiger partial charge is 0.338 e. The monoisotopic (exact) mass is 335 g/mol. The van der Waals surface area contributed by atoms with Crippen LogP contribution in [-0.2, 0) is 16.0 Å². The lowest BCUT2D eigenvalue weighted by Gasteiger charge is -2.31. The van der Waals surface area contributed by atoms with E-state index in [0.717, 1.165) is 42.9 Å². The molecule has 2 aliphatic heterocycles. The van der Waals surface area contributed by atoms with Crippen molar-refractivity contribution in [2.24, 2.45) is 0 Å². The molecule has 3 rings (SSSR count). The highest BCUT2D eigenvalue weighted by molar-refractivity contribution is 6.31. The predicted molar refractivity (Wildman–Crippen MR) is 89.3 cm³/mol. The molecule has 1 atom stereocenters. The highest BCUT2D eigenvalue weighted by atomic mass is 35.5. The first-order valence-electron chi connectivity index (χ1n) is 8.16. The molecule has 0 unspecified atom stereocenters. The second-order valence-corrected chi connectivity index (χ2v) is 6.58. The highest BCUT2D eigenvalue weighted by Crippen LogP contribution is 2.25. The van der Waals surface area contributed by atoms with Crippen LogP contribution in [-0.4, -0.2) is 60.4 Å². The number of benzene rings is 1. The summed E-state index contributed by atoms with van der Waals surface area (Å²) in [5, 5.41) is 3.78. The number of likely N-dealkylation sites (tertiary alicyclic amines) is 1. The molecular formula is C17H22ClN3O2. The highest BCUT2D eigenvalue weighted by Gasteiger charge is 2.31. The molecule has 0 spiro atoms. The zero-order chi connectivity index (χ0) is 16.2. The van der Waals surface area contributed by atoms with E-state index in [1.54, 1.807) is 4.90 Å². The first-order chi connectivity index (χ1) is 11.1.